The number of aryl methyl sites for hydroxylation is 1. The van der Waals surface area contributed by atoms with Gasteiger partial charge < -0.3 is 9.64 Å². The number of piperidine rings is 1. The zero-order valence-electron chi connectivity index (χ0n) is 14.6. The highest BCUT2D eigenvalue weighted by molar-refractivity contribution is 5.79. The van der Waals surface area contributed by atoms with Gasteiger partial charge in [0.15, 0.2) is 0 Å². The summed E-state index contributed by atoms with van der Waals surface area (Å²) in [5.74, 6) is -2.04. The van der Waals surface area contributed by atoms with Crippen molar-refractivity contribution in [1.29, 1.82) is 0 Å². The van der Waals surface area contributed by atoms with Crippen molar-refractivity contribution in [3.63, 3.8) is 0 Å². The van der Waals surface area contributed by atoms with Crippen molar-refractivity contribution < 1.29 is 22.7 Å². The molecular formula is C19H24F3NO2. The molecule has 25 heavy (non-hydrogen) atoms. The summed E-state index contributed by atoms with van der Waals surface area (Å²) in [5.41, 5.74) is 1.08. The number of carbonyl (C=O) groups excluding carboxylic acids is 1. The highest BCUT2D eigenvalue weighted by Gasteiger charge is 2.42. The van der Waals surface area contributed by atoms with Crippen LogP contribution in [0.2, 0.25) is 0 Å². The third-order valence-corrected chi connectivity index (χ3v) is 5.62. The minimum Gasteiger partial charge on any atom is -0.462 e. The van der Waals surface area contributed by atoms with Crippen molar-refractivity contribution in [3.05, 3.63) is 35.4 Å². The molecule has 0 aliphatic carbocycles. The van der Waals surface area contributed by atoms with E-state index in [2.05, 4.69) is 11.9 Å². The minimum absolute atomic E-state index is 0.277. The lowest BCUT2D eigenvalue weighted by molar-refractivity contribution is -0.167. The molecule has 3 rings (SSSR count). The first kappa shape index (κ1) is 18.2. The first-order valence-corrected chi connectivity index (χ1v) is 8.79. The van der Waals surface area contributed by atoms with Crippen LogP contribution in [0.5, 0.6) is 0 Å². The standard InChI is InChI=1S/C19H24F3NO2/c1-12-5-3-4-6-16(12)17(11-19(20,21)22)18(24)25-15-9-13-7-8-14(10-15)23(13)2/h3-6,13-15,17H,7-11H2,1-2H3. The third-order valence-electron chi connectivity index (χ3n) is 5.62. The first-order chi connectivity index (χ1) is 11.7. The Kier molecular flexibility index (Phi) is 5.09. The van der Waals surface area contributed by atoms with Gasteiger partial charge in [-0.05, 0) is 50.8 Å². The second-order valence-electron chi connectivity index (χ2n) is 7.31. The normalized spacial score (nSPS) is 28.0. The number of halogens is 3. The van der Waals surface area contributed by atoms with E-state index >= 15 is 0 Å². The molecule has 2 aliphatic heterocycles. The summed E-state index contributed by atoms with van der Waals surface area (Å²) in [5, 5.41) is 0. The van der Waals surface area contributed by atoms with Crippen LogP contribution < -0.4 is 0 Å². The number of benzene rings is 1. The number of nitrogens with zero attached hydrogens (tertiary/aromatic N) is 1. The molecule has 2 heterocycles. The zero-order chi connectivity index (χ0) is 18.2. The van der Waals surface area contributed by atoms with Gasteiger partial charge in [-0.15, -0.1) is 0 Å². The highest BCUT2D eigenvalue weighted by Crippen LogP contribution is 2.38. The summed E-state index contributed by atoms with van der Waals surface area (Å²) >= 11 is 0. The predicted octanol–water partition coefficient (Wildman–Crippen LogP) is 4.20. The van der Waals surface area contributed by atoms with E-state index in [1.54, 1.807) is 31.2 Å². The first-order valence-electron chi connectivity index (χ1n) is 8.79. The predicted molar refractivity (Wildman–Crippen MR) is 88.3 cm³/mol. The Balaban J connectivity index is 1.75. The molecule has 3 nitrogen and oxygen atoms in total. The molecule has 2 bridgehead atoms. The molecule has 1 aromatic carbocycles. The second-order valence-corrected chi connectivity index (χ2v) is 7.31. The Morgan fingerprint density at radius 2 is 1.84 bits per heavy atom. The van der Waals surface area contributed by atoms with Crippen molar-refractivity contribution in [2.75, 3.05) is 7.05 Å². The molecule has 0 N–H and O–H groups in total. The molecule has 2 saturated heterocycles. The van der Waals surface area contributed by atoms with Crippen LogP contribution in [0.25, 0.3) is 0 Å². The number of esters is 1. The smallest absolute Gasteiger partial charge is 0.390 e. The molecule has 2 fully saturated rings. The van der Waals surface area contributed by atoms with Crippen molar-refractivity contribution in [1.82, 2.24) is 4.90 Å². The maximum Gasteiger partial charge on any atom is 0.390 e. The van der Waals surface area contributed by atoms with Gasteiger partial charge in [-0.2, -0.15) is 13.2 Å². The monoisotopic (exact) mass is 355 g/mol. The lowest BCUT2D eigenvalue weighted by Crippen LogP contribution is -2.44. The fraction of sp³-hybridized carbons (Fsp3) is 0.632. The lowest BCUT2D eigenvalue weighted by Gasteiger charge is -2.36. The molecule has 0 aromatic heterocycles. The number of carbonyl (C=O) groups is 1. The Morgan fingerprint density at radius 3 is 2.40 bits per heavy atom. The van der Waals surface area contributed by atoms with Gasteiger partial charge in [-0.1, -0.05) is 24.3 Å². The number of fused-ring (bicyclic) bond motifs is 2. The van der Waals surface area contributed by atoms with E-state index in [0.717, 1.165) is 12.8 Å². The van der Waals surface area contributed by atoms with Crippen LogP contribution in [0.4, 0.5) is 13.2 Å². The zero-order valence-corrected chi connectivity index (χ0v) is 14.6. The van der Waals surface area contributed by atoms with E-state index in [0.29, 0.717) is 36.1 Å². The van der Waals surface area contributed by atoms with Crippen molar-refractivity contribution in [2.24, 2.45) is 0 Å². The summed E-state index contributed by atoms with van der Waals surface area (Å²) in [6.07, 6.45) is -2.32. The maximum atomic E-state index is 13.0. The number of rotatable bonds is 4. The number of alkyl halides is 3. The van der Waals surface area contributed by atoms with Gasteiger partial charge in [0, 0.05) is 12.1 Å². The van der Waals surface area contributed by atoms with Gasteiger partial charge in [0.2, 0.25) is 0 Å². The van der Waals surface area contributed by atoms with Crippen LogP contribution in [0.3, 0.4) is 0 Å². The summed E-state index contributed by atoms with van der Waals surface area (Å²) in [4.78, 5) is 14.9. The molecule has 2 aliphatic rings. The van der Waals surface area contributed by atoms with E-state index in [-0.39, 0.29) is 6.10 Å². The van der Waals surface area contributed by atoms with Crippen LogP contribution in [-0.4, -0.2) is 42.3 Å². The lowest BCUT2D eigenvalue weighted by atomic mass is 9.91. The summed E-state index contributed by atoms with van der Waals surface area (Å²) in [7, 11) is 2.07. The summed E-state index contributed by atoms with van der Waals surface area (Å²) in [6.45, 7) is 1.72. The molecule has 138 valence electrons. The minimum atomic E-state index is -4.42. The highest BCUT2D eigenvalue weighted by atomic mass is 19.4. The number of hydrogen-bond acceptors (Lipinski definition) is 3. The van der Waals surface area contributed by atoms with Crippen LogP contribution in [0.1, 0.15) is 49.1 Å². The maximum absolute atomic E-state index is 13.0. The van der Waals surface area contributed by atoms with E-state index in [4.69, 9.17) is 4.74 Å². The van der Waals surface area contributed by atoms with Gasteiger partial charge >= 0.3 is 12.1 Å². The number of hydrogen-bond donors (Lipinski definition) is 0. The SMILES string of the molecule is Cc1ccccc1C(CC(F)(F)F)C(=O)OC1CC2CCC(C1)N2C. The second kappa shape index (κ2) is 6.98. The van der Waals surface area contributed by atoms with E-state index in [9.17, 15) is 18.0 Å². The Labute approximate surface area is 146 Å². The van der Waals surface area contributed by atoms with Gasteiger partial charge in [-0.3, -0.25) is 4.79 Å². The third kappa shape index (κ3) is 4.17. The van der Waals surface area contributed by atoms with Gasteiger partial charge in [-0.25, -0.2) is 0 Å². The Hall–Kier alpha value is -1.56. The molecule has 6 heteroatoms. The van der Waals surface area contributed by atoms with Crippen LogP contribution in [0, 0.1) is 6.92 Å². The summed E-state index contributed by atoms with van der Waals surface area (Å²) in [6, 6.07) is 7.47. The van der Waals surface area contributed by atoms with Gasteiger partial charge in [0.05, 0.1) is 12.3 Å². The fourth-order valence-electron chi connectivity index (χ4n) is 4.23. The molecule has 1 aromatic rings. The van der Waals surface area contributed by atoms with E-state index in [1.807, 2.05) is 0 Å². The van der Waals surface area contributed by atoms with Gasteiger partial charge in [0.1, 0.15) is 6.10 Å². The molecule has 0 saturated carbocycles. The fourth-order valence-corrected chi connectivity index (χ4v) is 4.23. The van der Waals surface area contributed by atoms with Crippen LogP contribution >= 0.6 is 0 Å². The largest absolute Gasteiger partial charge is 0.462 e. The quantitative estimate of drug-likeness (QED) is 0.758. The molecule has 3 unspecified atom stereocenters. The topological polar surface area (TPSA) is 29.5 Å². The molecule has 0 amide bonds. The summed E-state index contributed by atoms with van der Waals surface area (Å²) < 4.78 is 44.7. The van der Waals surface area contributed by atoms with Crippen molar-refractivity contribution in [3.8, 4) is 0 Å². The Bertz CT molecular complexity index is 617. The van der Waals surface area contributed by atoms with Crippen LogP contribution in [-0.2, 0) is 9.53 Å². The average Bonchev–Trinajstić information content (AvgIpc) is 2.74. The van der Waals surface area contributed by atoms with E-state index in [1.165, 1.54) is 0 Å². The van der Waals surface area contributed by atoms with Crippen molar-refractivity contribution in [2.45, 2.75) is 69.3 Å². The van der Waals surface area contributed by atoms with Gasteiger partial charge in [0.25, 0.3) is 0 Å². The average molecular weight is 355 g/mol. The molecule has 3 atom stereocenters. The molecule has 0 spiro atoms. The van der Waals surface area contributed by atoms with Crippen LogP contribution in [0.15, 0.2) is 24.3 Å². The Morgan fingerprint density at radius 1 is 1.24 bits per heavy atom. The molecule has 0 radical (unpaired) electrons. The number of ether oxygens (including phenoxy) is 1. The van der Waals surface area contributed by atoms with Crippen molar-refractivity contribution >= 4 is 5.97 Å². The molecular weight excluding hydrogens is 331 g/mol. The van der Waals surface area contributed by atoms with E-state index < -0.39 is 24.5 Å².